The number of anilines is 3. The van der Waals surface area contributed by atoms with Crippen molar-refractivity contribution in [3.05, 3.63) is 48.2 Å². The Morgan fingerprint density at radius 1 is 1.21 bits per heavy atom. The van der Waals surface area contributed by atoms with Crippen LogP contribution >= 0.6 is 0 Å². The van der Waals surface area contributed by atoms with Crippen LogP contribution in [0.1, 0.15) is 5.56 Å². The molecule has 8 heteroatoms. The highest BCUT2D eigenvalue weighted by molar-refractivity contribution is 5.94. The van der Waals surface area contributed by atoms with Crippen LogP contribution in [-0.2, 0) is 11.3 Å². The van der Waals surface area contributed by atoms with Gasteiger partial charge >= 0.3 is 12.1 Å². The molecule has 0 aliphatic rings. The van der Waals surface area contributed by atoms with Gasteiger partial charge in [-0.15, -0.1) is 0 Å². The molecule has 1 aromatic carbocycles. The first-order chi connectivity index (χ1) is 11.3. The number of rotatable bonds is 5. The summed E-state index contributed by atoms with van der Waals surface area (Å²) >= 11 is 0. The molecule has 2 N–H and O–H groups in total. The number of nitrogens with zero attached hydrogens (tertiary/aromatic N) is 2. The Kier molecular flexibility index (Phi) is 5.28. The predicted octanol–water partition coefficient (Wildman–Crippen LogP) is 3.26. The van der Waals surface area contributed by atoms with Crippen molar-refractivity contribution in [2.75, 3.05) is 29.6 Å². The standard InChI is InChI=1S/C16H17F3N4O/c1-23(2)14-13(7-4-8-20-14)21-10-11-5-3-6-12(9-11)22-15(24)16(17,18)19/h3-9,21H,10H2,1-2H3,(H,22,24). The van der Waals surface area contributed by atoms with E-state index in [0.717, 1.165) is 17.1 Å². The van der Waals surface area contributed by atoms with Crippen molar-refractivity contribution in [2.45, 2.75) is 12.7 Å². The molecule has 0 radical (unpaired) electrons. The van der Waals surface area contributed by atoms with E-state index in [-0.39, 0.29) is 5.69 Å². The molecule has 0 saturated heterocycles. The van der Waals surface area contributed by atoms with Crippen LogP contribution in [0.25, 0.3) is 0 Å². The number of carbonyl (C=O) groups excluding carboxylic acids is 1. The van der Waals surface area contributed by atoms with E-state index in [2.05, 4.69) is 10.3 Å². The Labute approximate surface area is 137 Å². The van der Waals surface area contributed by atoms with E-state index in [9.17, 15) is 18.0 Å². The lowest BCUT2D eigenvalue weighted by Crippen LogP contribution is -2.29. The first-order valence-corrected chi connectivity index (χ1v) is 7.10. The summed E-state index contributed by atoms with van der Waals surface area (Å²) in [6.07, 6.45) is -3.24. The van der Waals surface area contributed by atoms with E-state index in [4.69, 9.17) is 0 Å². The maximum Gasteiger partial charge on any atom is 0.471 e. The van der Waals surface area contributed by atoms with Crippen LogP contribution < -0.4 is 15.5 Å². The Hall–Kier alpha value is -2.77. The number of hydrogen-bond donors (Lipinski definition) is 2. The van der Waals surface area contributed by atoms with E-state index in [1.54, 1.807) is 24.4 Å². The molecule has 0 atom stereocenters. The molecular weight excluding hydrogens is 321 g/mol. The number of nitrogens with one attached hydrogen (secondary N) is 2. The summed E-state index contributed by atoms with van der Waals surface area (Å²) in [5.41, 5.74) is 1.62. The Bertz CT molecular complexity index is 716. The van der Waals surface area contributed by atoms with Crippen molar-refractivity contribution in [3.63, 3.8) is 0 Å². The van der Waals surface area contributed by atoms with Crippen LogP contribution in [0.5, 0.6) is 0 Å². The van der Waals surface area contributed by atoms with Gasteiger partial charge in [-0.1, -0.05) is 12.1 Å². The van der Waals surface area contributed by atoms with Gasteiger partial charge in [0.2, 0.25) is 0 Å². The fourth-order valence-electron chi connectivity index (χ4n) is 2.05. The zero-order chi connectivity index (χ0) is 17.7. The fourth-order valence-corrected chi connectivity index (χ4v) is 2.05. The average molecular weight is 338 g/mol. The lowest BCUT2D eigenvalue weighted by atomic mass is 10.2. The summed E-state index contributed by atoms with van der Waals surface area (Å²) in [6.45, 7) is 0.377. The summed E-state index contributed by atoms with van der Waals surface area (Å²) in [7, 11) is 3.72. The first-order valence-electron chi connectivity index (χ1n) is 7.10. The van der Waals surface area contributed by atoms with Crippen molar-refractivity contribution >= 4 is 23.1 Å². The third-order valence-corrected chi connectivity index (χ3v) is 3.14. The maximum absolute atomic E-state index is 12.3. The van der Waals surface area contributed by atoms with E-state index in [1.807, 2.05) is 30.4 Å². The van der Waals surface area contributed by atoms with Crippen LogP contribution in [0.3, 0.4) is 0 Å². The number of pyridine rings is 1. The van der Waals surface area contributed by atoms with Crippen molar-refractivity contribution in [1.82, 2.24) is 4.98 Å². The Morgan fingerprint density at radius 2 is 1.96 bits per heavy atom. The van der Waals surface area contributed by atoms with E-state index >= 15 is 0 Å². The second kappa shape index (κ2) is 7.20. The number of alkyl halides is 3. The van der Waals surface area contributed by atoms with E-state index < -0.39 is 12.1 Å². The SMILES string of the molecule is CN(C)c1ncccc1NCc1cccc(NC(=O)C(F)(F)F)c1. The largest absolute Gasteiger partial charge is 0.471 e. The lowest BCUT2D eigenvalue weighted by molar-refractivity contribution is -0.167. The van der Waals surface area contributed by atoms with Gasteiger partial charge in [0.1, 0.15) is 0 Å². The summed E-state index contributed by atoms with van der Waals surface area (Å²) < 4.78 is 36.9. The summed E-state index contributed by atoms with van der Waals surface area (Å²) in [4.78, 5) is 17.1. The van der Waals surface area contributed by atoms with Gasteiger partial charge in [0.25, 0.3) is 0 Å². The number of amides is 1. The minimum absolute atomic E-state index is 0.0932. The molecule has 0 aliphatic carbocycles. The van der Waals surface area contributed by atoms with Gasteiger partial charge in [-0.2, -0.15) is 13.2 Å². The fraction of sp³-hybridized carbons (Fsp3) is 0.250. The summed E-state index contributed by atoms with van der Waals surface area (Å²) in [5.74, 6) is -1.24. The molecule has 0 saturated carbocycles. The van der Waals surface area contributed by atoms with Crippen molar-refractivity contribution < 1.29 is 18.0 Å². The summed E-state index contributed by atoms with van der Waals surface area (Å²) in [6, 6.07) is 9.87. The molecule has 0 spiro atoms. The second-order valence-electron chi connectivity index (χ2n) is 5.27. The van der Waals surface area contributed by atoms with Crippen LogP contribution in [0, 0.1) is 0 Å². The first kappa shape index (κ1) is 17.6. The molecule has 0 aliphatic heterocycles. The number of benzene rings is 1. The molecule has 5 nitrogen and oxygen atoms in total. The molecule has 1 amide bonds. The number of halogens is 3. The molecule has 2 aromatic rings. The van der Waals surface area contributed by atoms with Gasteiger partial charge < -0.3 is 15.5 Å². The van der Waals surface area contributed by atoms with Crippen molar-refractivity contribution in [1.29, 1.82) is 0 Å². The van der Waals surface area contributed by atoms with Crippen molar-refractivity contribution in [3.8, 4) is 0 Å². The van der Waals surface area contributed by atoms with Gasteiger partial charge in [0.05, 0.1) is 5.69 Å². The minimum Gasteiger partial charge on any atom is -0.378 e. The maximum atomic E-state index is 12.3. The third-order valence-electron chi connectivity index (χ3n) is 3.14. The zero-order valence-corrected chi connectivity index (χ0v) is 13.2. The molecule has 0 unspecified atom stereocenters. The molecule has 1 aromatic heterocycles. The molecule has 2 rings (SSSR count). The number of hydrogen-bond acceptors (Lipinski definition) is 4. The van der Waals surface area contributed by atoms with Crippen LogP contribution in [-0.4, -0.2) is 31.2 Å². The Morgan fingerprint density at radius 3 is 2.62 bits per heavy atom. The van der Waals surface area contributed by atoms with Crippen molar-refractivity contribution in [2.24, 2.45) is 0 Å². The molecular formula is C16H17F3N4O. The molecule has 1 heterocycles. The minimum atomic E-state index is -4.91. The molecule has 0 fully saturated rings. The molecule has 0 bridgehead atoms. The highest BCUT2D eigenvalue weighted by Gasteiger charge is 2.38. The molecule has 24 heavy (non-hydrogen) atoms. The smallest absolute Gasteiger partial charge is 0.378 e. The van der Waals surface area contributed by atoms with Gasteiger partial charge in [-0.05, 0) is 29.8 Å². The number of carbonyl (C=O) groups is 1. The average Bonchev–Trinajstić information content (AvgIpc) is 2.52. The normalized spacial score (nSPS) is 11.0. The van der Waals surface area contributed by atoms with Crippen LogP contribution in [0.15, 0.2) is 42.6 Å². The lowest BCUT2D eigenvalue weighted by Gasteiger charge is -2.17. The van der Waals surface area contributed by atoms with Crippen LogP contribution in [0.2, 0.25) is 0 Å². The van der Waals surface area contributed by atoms with E-state index in [0.29, 0.717) is 6.54 Å². The van der Waals surface area contributed by atoms with Gasteiger partial charge in [-0.25, -0.2) is 4.98 Å². The Balaban J connectivity index is 2.07. The zero-order valence-electron chi connectivity index (χ0n) is 13.2. The predicted molar refractivity (Wildman–Crippen MR) is 87.0 cm³/mol. The summed E-state index contributed by atoms with van der Waals surface area (Å²) in [5, 5.41) is 5.02. The monoisotopic (exact) mass is 338 g/mol. The number of aromatic nitrogens is 1. The quantitative estimate of drug-likeness (QED) is 0.879. The molecule has 128 valence electrons. The highest BCUT2D eigenvalue weighted by Crippen LogP contribution is 2.22. The van der Waals surface area contributed by atoms with Gasteiger partial charge in [-0.3, -0.25) is 4.79 Å². The third kappa shape index (κ3) is 4.61. The van der Waals surface area contributed by atoms with Gasteiger partial charge in [0, 0.05) is 32.5 Å². The van der Waals surface area contributed by atoms with Crippen LogP contribution in [0.4, 0.5) is 30.4 Å². The highest BCUT2D eigenvalue weighted by atomic mass is 19.4. The van der Waals surface area contributed by atoms with Gasteiger partial charge in [0.15, 0.2) is 5.82 Å². The van der Waals surface area contributed by atoms with E-state index in [1.165, 1.54) is 12.1 Å². The topological polar surface area (TPSA) is 57.3 Å². The second-order valence-corrected chi connectivity index (χ2v) is 5.27.